The summed E-state index contributed by atoms with van der Waals surface area (Å²) in [7, 11) is 0. The molecular formula is C53H42N2. The van der Waals surface area contributed by atoms with Gasteiger partial charge in [-0.15, -0.1) is 0 Å². The first-order valence-electron chi connectivity index (χ1n) is 19.4. The summed E-state index contributed by atoms with van der Waals surface area (Å²) in [5.41, 5.74) is 11.2. The average molecular weight is 707 g/mol. The summed E-state index contributed by atoms with van der Waals surface area (Å²) in [5, 5.41) is 7.63. The highest BCUT2D eigenvalue weighted by Crippen LogP contribution is 2.53. The molecule has 1 aliphatic carbocycles. The van der Waals surface area contributed by atoms with Crippen molar-refractivity contribution >= 4 is 61.1 Å². The van der Waals surface area contributed by atoms with E-state index in [0.29, 0.717) is 5.92 Å². The van der Waals surface area contributed by atoms with Crippen molar-refractivity contribution in [2.45, 2.75) is 31.6 Å². The number of allylic oxidation sites excluding steroid dienone is 3. The van der Waals surface area contributed by atoms with Gasteiger partial charge in [0, 0.05) is 40.3 Å². The quantitative estimate of drug-likeness (QED) is 0.159. The maximum Gasteiger partial charge on any atom is 0.0502 e. The molecule has 1 unspecified atom stereocenters. The Balaban J connectivity index is 0.976. The number of para-hydroxylation sites is 3. The van der Waals surface area contributed by atoms with Gasteiger partial charge in [0.2, 0.25) is 0 Å². The first kappa shape index (κ1) is 33.0. The minimum Gasteiger partial charge on any atom is -0.317 e. The molecule has 2 heteroatoms. The Morgan fingerprint density at radius 3 is 1.98 bits per heavy atom. The van der Waals surface area contributed by atoms with Crippen molar-refractivity contribution in [3.63, 3.8) is 0 Å². The molecule has 10 rings (SSSR count). The highest BCUT2D eigenvalue weighted by Gasteiger charge is 2.40. The Labute approximate surface area is 323 Å². The fourth-order valence-electron chi connectivity index (χ4n) is 8.84. The van der Waals surface area contributed by atoms with Crippen LogP contribution in [0.4, 0.5) is 22.7 Å². The maximum atomic E-state index is 2.56. The molecule has 0 bridgehead atoms. The number of hydrogen-bond acceptors (Lipinski definition) is 2. The van der Waals surface area contributed by atoms with E-state index in [2.05, 4.69) is 224 Å². The largest absolute Gasteiger partial charge is 0.317 e. The molecule has 1 aliphatic heterocycles. The van der Waals surface area contributed by atoms with E-state index in [1.807, 2.05) is 0 Å². The summed E-state index contributed by atoms with van der Waals surface area (Å²) < 4.78 is 0. The van der Waals surface area contributed by atoms with Crippen LogP contribution in [0.15, 0.2) is 206 Å². The van der Waals surface area contributed by atoms with E-state index >= 15 is 0 Å². The third-order valence-electron chi connectivity index (χ3n) is 11.7. The van der Waals surface area contributed by atoms with Gasteiger partial charge in [0.25, 0.3) is 0 Å². The van der Waals surface area contributed by atoms with Gasteiger partial charge < -0.3 is 9.80 Å². The van der Waals surface area contributed by atoms with Crippen molar-refractivity contribution in [3.05, 3.63) is 222 Å². The predicted octanol–water partition coefficient (Wildman–Crippen LogP) is 14.4. The zero-order valence-corrected chi connectivity index (χ0v) is 31.2. The van der Waals surface area contributed by atoms with E-state index < -0.39 is 0 Å². The fourth-order valence-corrected chi connectivity index (χ4v) is 8.84. The van der Waals surface area contributed by atoms with Gasteiger partial charge in [0.15, 0.2) is 0 Å². The van der Waals surface area contributed by atoms with Gasteiger partial charge >= 0.3 is 0 Å². The molecule has 1 atom stereocenters. The van der Waals surface area contributed by atoms with Crippen molar-refractivity contribution in [1.82, 2.24) is 0 Å². The van der Waals surface area contributed by atoms with Gasteiger partial charge in [-0.25, -0.2) is 0 Å². The highest BCUT2D eigenvalue weighted by molar-refractivity contribution is 6.08. The summed E-state index contributed by atoms with van der Waals surface area (Å²) >= 11 is 0. The number of rotatable bonds is 6. The van der Waals surface area contributed by atoms with Crippen LogP contribution in [0.1, 0.15) is 42.9 Å². The maximum absolute atomic E-state index is 2.56. The van der Waals surface area contributed by atoms with Crippen LogP contribution < -0.4 is 9.80 Å². The molecule has 2 nitrogen and oxygen atoms in total. The molecule has 264 valence electrons. The van der Waals surface area contributed by atoms with E-state index in [1.54, 1.807) is 0 Å². The summed E-state index contributed by atoms with van der Waals surface area (Å²) in [6, 6.07) is 64.0. The lowest BCUT2D eigenvalue weighted by atomic mass is 9.69. The van der Waals surface area contributed by atoms with Crippen LogP contribution in [0.5, 0.6) is 0 Å². The van der Waals surface area contributed by atoms with E-state index in [0.717, 1.165) is 17.8 Å². The van der Waals surface area contributed by atoms with Gasteiger partial charge in [-0.2, -0.15) is 0 Å². The third-order valence-corrected chi connectivity index (χ3v) is 11.7. The normalized spacial score (nSPS) is 16.2. The van der Waals surface area contributed by atoms with E-state index in [9.17, 15) is 0 Å². The lowest BCUT2D eigenvalue weighted by Crippen LogP contribution is -2.36. The molecule has 0 amide bonds. The smallest absolute Gasteiger partial charge is 0.0502 e. The molecular weight excluding hydrogens is 665 g/mol. The number of anilines is 4. The molecule has 2 aliphatic rings. The molecule has 0 saturated carbocycles. The Kier molecular flexibility index (Phi) is 7.99. The highest BCUT2D eigenvalue weighted by atomic mass is 15.2. The zero-order valence-electron chi connectivity index (χ0n) is 31.2. The fraction of sp³-hybridized carbons (Fsp3) is 0.0943. The van der Waals surface area contributed by atoms with Crippen molar-refractivity contribution in [3.8, 4) is 0 Å². The lowest BCUT2D eigenvalue weighted by Gasteiger charge is -2.46. The molecule has 0 spiro atoms. The van der Waals surface area contributed by atoms with Crippen LogP contribution in [0.3, 0.4) is 0 Å². The Hall–Kier alpha value is -6.64. The van der Waals surface area contributed by atoms with Crippen molar-refractivity contribution in [2.24, 2.45) is 0 Å². The van der Waals surface area contributed by atoms with Crippen LogP contribution in [0.25, 0.3) is 38.4 Å². The summed E-state index contributed by atoms with van der Waals surface area (Å²) in [4.78, 5) is 4.73. The van der Waals surface area contributed by atoms with Gasteiger partial charge in [0.1, 0.15) is 0 Å². The minimum absolute atomic E-state index is 0.132. The standard InChI is InChI=1S/C53H42N2/c1-53(2)49-19-11-12-20-51(49)55(46-27-24-38-13-9-10-14-39(38)35-46)52-30-26-41(36-50(52)53)40-25-29-48-43(34-40)23-22-42-33-37(21-28-47(42)48)31-32-54(44-15-5-3-6-16-44)45-17-7-4-8-18-45/h3-25,27-36,41H,26H2,1-2H3/b32-31+. The molecule has 8 aromatic rings. The molecule has 0 N–H and O–H groups in total. The SMILES string of the molecule is CC1(C)C2=CC(c3ccc4c(ccc5cc(/C=C/N(c6ccccc6)c6ccccc6)ccc54)c3)CC=C2N(c2ccc3ccccc3c2)c2ccccc21. The number of hydrogen-bond donors (Lipinski definition) is 0. The first-order chi connectivity index (χ1) is 27.0. The number of benzene rings is 8. The molecule has 0 saturated heterocycles. The van der Waals surface area contributed by atoms with Crippen molar-refractivity contribution in [2.75, 3.05) is 9.80 Å². The van der Waals surface area contributed by atoms with Crippen LogP contribution >= 0.6 is 0 Å². The first-order valence-corrected chi connectivity index (χ1v) is 19.4. The molecule has 8 aromatic carbocycles. The zero-order chi connectivity index (χ0) is 36.9. The minimum atomic E-state index is -0.132. The monoisotopic (exact) mass is 706 g/mol. The summed E-state index contributed by atoms with van der Waals surface area (Å²) in [6.45, 7) is 4.78. The van der Waals surface area contributed by atoms with E-state index in [4.69, 9.17) is 0 Å². The number of nitrogens with zero attached hydrogens (tertiary/aromatic N) is 2. The van der Waals surface area contributed by atoms with E-state index in [-0.39, 0.29) is 5.41 Å². The van der Waals surface area contributed by atoms with Gasteiger partial charge in [-0.3, -0.25) is 0 Å². The van der Waals surface area contributed by atoms with Crippen LogP contribution in [-0.2, 0) is 5.41 Å². The second kappa shape index (κ2) is 13.3. The van der Waals surface area contributed by atoms with Gasteiger partial charge in [-0.05, 0) is 116 Å². The van der Waals surface area contributed by atoms with Crippen LogP contribution in [0, 0.1) is 0 Å². The van der Waals surface area contributed by atoms with E-state index in [1.165, 1.54) is 71.7 Å². The Morgan fingerprint density at radius 1 is 0.582 bits per heavy atom. The van der Waals surface area contributed by atoms with Gasteiger partial charge in [-0.1, -0.05) is 153 Å². The van der Waals surface area contributed by atoms with Crippen LogP contribution in [-0.4, -0.2) is 0 Å². The molecule has 0 radical (unpaired) electrons. The third kappa shape index (κ3) is 5.82. The van der Waals surface area contributed by atoms with Crippen molar-refractivity contribution in [1.29, 1.82) is 0 Å². The molecule has 55 heavy (non-hydrogen) atoms. The predicted molar refractivity (Wildman–Crippen MR) is 235 cm³/mol. The summed E-state index contributed by atoms with van der Waals surface area (Å²) in [5.74, 6) is 0.298. The van der Waals surface area contributed by atoms with Crippen LogP contribution in [0.2, 0.25) is 0 Å². The Bertz CT molecular complexity index is 2790. The second-order valence-corrected chi connectivity index (χ2v) is 15.4. The average Bonchev–Trinajstić information content (AvgIpc) is 3.24. The van der Waals surface area contributed by atoms with Gasteiger partial charge in [0.05, 0.1) is 5.69 Å². The summed E-state index contributed by atoms with van der Waals surface area (Å²) in [6.07, 6.45) is 10.4. The molecule has 0 aromatic heterocycles. The topological polar surface area (TPSA) is 6.48 Å². The molecule has 0 fully saturated rings. The number of fused-ring (bicyclic) bond motifs is 6. The Morgan fingerprint density at radius 2 is 1.22 bits per heavy atom. The second-order valence-electron chi connectivity index (χ2n) is 15.4. The lowest BCUT2D eigenvalue weighted by molar-refractivity contribution is 0.596. The van der Waals surface area contributed by atoms with Crippen molar-refractivity contribution < 1.29 is 0 Å². The molecule has 1 heterocycles.